The largest absolute Gasteiger partial charge is 0.380 e. The number of aliphatic imine (C=N–C) groups is 1. The SMILES string of the molecule is CCCCC(CC)CNC(=NCC(=O)N(C)C)NCCOCC.I. The summed E-state index contributed by atoms with van der Waals surface area (Å²) in [5.41, 5.74) is 0. The first-order valence-electron chi connectivity index (χ1n) is 8.85. The number of hydrogen-bond acceptors (Lipinski definition) is 3. The summed E-state index contributed by atoms with van der Waals surface area (Å²) in [4.78, 5) is 17.6. The Morgan fingerprint density at radius 2 is 1.92 bits per heavy atom. The van der Waals surface area contributed by atoms with Gasteiger partial charge in [0.05, 0.1) is 6.61 Å². The highest BCUT2D eigenvalue weighted by atomic mass is 127. The molecule has 0 aromatic rings. The average Bonchev–Trinajstić information content (AvgIpc) is 2.55. The number of carbonyl (C=O) groups excluding carboxylic acids is 1. The van der Waals surface area contributed by atoms with Gasteiger partial charge in [-0.25, -0.2) is 4.99 Å². The zero-order chi connectivity index (χ0) is 17.5. The van der Waals surface area contributed by atoms with Gasteiger partial charge in [-0.1, -0.05) is 33.1 Å². The molecule has 0 fully saturated rings. The molecular formula is C17H37IN4O2. The van der Waals surface area contributed by atoms with Gasteiger partial charge in [0.25, 0.3) is 0 Å². The number of unbranched alkanes of at least 4 members (excludes halogenated alkanes) is 1. The molecule has 0 heterocycles. The summed E-state index contributed by atoms with van der Waals surface area (Å²) in [6.45, 7) is 9.47. The number of nitrogens with zero attached hydrogens (tertiary/aromatic N) is 2. The van der Waals surface area contributed by atoms with Crippen LogP contribution in [0.4, 0.5) is 0 Å². The van der Waals surface area contributed by atoms with Crippen LogP contribution in [0.2, 0.25) is 0 Å². The average molecular weight is 456 g/mol. The molecule has 7 heteroatoms. The van der Waals surface area contributed by atoms with E-state index in [2.05, 4.69) is 29.5 Å². The van der Waals surface area contributed by atoms with E-state index in [1.807, 2.05) is 6.92 Å². The van der Waals surface area contributed by atoms with E-state index in [0.717, 1.165) is 13.0 Å². The number of amides is 1. The number of ether oxygens (including phenoxy) is 1. The van der Waals surface area contributed by atoms with Crippen LogP contribution in [0.1, 0.15) is 46.5 Å². The van der Waals surface area contributed by atoms with Crippen molar-refractivity contribution in [2.45, 2.75) is 46.5 Å². The van der Waals surface area contributed by atoms with Gasteiger partial charge in [0, 0.05) is 33.8 Å². The Bertz CT molecular complexity index is 339. The monoisotopic (exact) mass is 456 g/mol. The van der Waals surface area contributed by atoms with E-state index in [1.54, 1.807) is 19.0 Å². The maximum Gasteiger partial charge on any atom is 0.243 e. The Hall–Kier alpha value is -0.570. The van der Waals surface area contributed by atoms with Crippen molar-refractivity contribution in [1.82, 2.24) is 15.5 Å². The molecule has 1 unspecified atom stereocenters. The molecular weight excluding hydrogens is 419 g/mol. The molecule has 6 nitrogen and oxygen atoms in total. The Balaban J connectivity index is 0. The Kier molecular flexibility index (Phi) is 18.5. The fourth-order valence-electron chi connectivity index (χ4n) is 2.03. The molecule has 0 spiro atoms. The smallest absolute Gasteiger partial charge is 0.243 e. The third-order valence-electron chi connectivity index (χ3n) is 3.72. The molecule has 1 amide bonds. The van der Waals surface area contributed by atoms with Crippen molar-refractivity contribution in [3.63, 3.8) is 0 Å². The highest BCUT2D eigenvalue weighted by Crippen LogP contribution is 2.10. The van der Waals surface area contributed by atoms with Gasteiger partial charge in [0.15, 0.2) is 5.96 Å². The highest BCUT2D eigenvalue weighted by Gasteiger charge is 2.08. The first-order valence-corrected chi connectivity index (χ1v) is 8.85. The Labute approximate surface area is 165 Å². The molecule has 0 aromatic carbocycles. The molecule has 1 atom stereocenters. The lowest BCUT2D eigenvalue weighted by Crippen LogP contribution is -2.42. The number of nitrogens with one attached hydrogen (secondary N) is 2. The van der Waals surface area contributed by atoms with Crippen LogP contribution in [0, 0.1) is 5.92 Å². The second-order valence-electron chi connectivity index (χ2n) is 5.87. The topological polar surface area (TPSA) is 66.0 Å². The summed E-state index contributed by atoms with van der Waals surface area (Å²) in [5.74, 6) is 1.32. The Morgan fingerprint density at radius 1 is 1.21 bits per heavy atom. The number of carbonyl (C=O) groups is 1. The van der Waals surface area contributed by atoms with E-state index in [4.69, 9.17) is 4.74 Å². The number of likely N-dealkylation sites (N-methyl/N-ethyl adjacent to an activating group) is 1. The van der Waals surface area contributed by atoms with Crippen LogP contribution in [-0.4, -0.2) is 63.7 Å². The fourth-order valence-corrected chi connectivity index (χ4v) is 2.03. The summed E-state index contributed by atoms with van der Waals surface area (Å²) in [5, 5.41) is 6.59. The van der Waals surface area contributed by atoms with Gasteiger partial charge in [0.2, 0.25) is 5.91 Å². The van der Waals surface area contributed by atoms with Crippen LogP contribution in [0.5, 0.6) is 0 Å². The molecule has 0 radical (unpaired) electrons. The van der Waals surface area contributed by atoms with Gasteiger partial charge in [-0.05, 0) is 19.3 Å². The summed E-state index contributed by atoms with van der Waals surface area (Å²) < 4.78 is 5.33. The van der Waals surface area contributed by atoms with Crippen molar-refractivity contribution < 1.29 is 9.53 Å². The van der Waals surface area contributed by atoms with E-state index in [9.17, 15) is 4.79 Å². The van der Waals surface area contributed by atoms with Crippen LogP contribution in [0.15, 0.2) is 4.99 Å². The van der Waals surface area contributed by atoms with E-state index in [-0.39, 0.29) is 36.4 Å². The zero-order valence-electron chi connectivity index (χ0n) is 16.1. The third kappa shape index (κ3) is 13.8. The van der Waals surface area contributed by atoms with Gasteiger partial charge in [-0.3, -0.25) is 4.79 Å². The Morgan fingerprint density at radius 3 is 2.46 bits per heavy atom. The minimum atomic E-state index is -0.00562. The minimum Gasteiger partial charge on any atom is -0.380 e. The summed E-state index contributed by atoms with van der Waals surface area (Å²) in [6, 6.07) is 0. The quantitative estimate of drug-likeness (QED) is 0.205. The molecule has 0 bridgehead atoms. The van der Waals surface area contributed by atoms with Crippen LogP contribution >= 0.6 is 24.0 Å². The lowest BCUT2D eigenvalue weighted by Gasteiger charge is -2.18. The molecule has 0 aliphatic carbocycles. The van der Waals surface area contributed by atoms with E-state index in [0.29, 0.717) is 31.6 Å². The van der Waals surface area contributed by atoms with Crippen molar-refractivity contribution >= 4 is 35.8 Å². The van der Waals surface area contributed by atoms with Gasteiger partial charge < -0.3 is 20.3 Å². The van der Waals surface area contributed by atoms with Gasteiger partial charge in [-0.2, -0.15) is 0 Å². The van der Waals surface area contributed by atoms with E-state index < -0.39 is 0 Å². The molecule has 0 aliphatic heterocycles. The maximum atomic E-state index is 11.7. The predicted molar refractivity (Wildman–Crippen MR) is 112 cm³/mol. The first kappa shape index (κ1) is 25.7. The molecule has 0 saturated carbocycles. The van der Waals surface area contributed by atoms with E-state index >= 15 is 0 Å². The van der Waals surface area contributed by atoms with Crippen molar-refractivity contribution in [3.8, 4) is 0 Å². The number of hydrogen-bond donors (Lipinski definition) is 2. The van der Waals surface area contributed by atoms with Crippen molar-refractivity contribution in [1.29, 1.82) is 0 Å². The highest BCUT2D eigenvalue weighted by molar-refractivity contribution is 14.0. The second kappa shape index (κ2) is 17.3. The molecule has 144 valence electrons. The van der Waals surface area contributed by atoms with E-state index in [1.165, 1.54) is 19.3 Å². The van der Waals surface area contributed by atoms with Crippen molar-refractivity contribution in [3.05, 3.63) is 0 Å². The molecule has 24 heavy (non-hydrogen) atoms. The molecule has 0 saturated heterocycles. The zero-order valence-corrected chi connectivity index (χ0v) is 18.4. The third-order valence-corrected chi connectivity index (χ3v) is 3.72. The standard InChI is InChI=1S/C17H36N4O2.HI/c1-6-9-10-15(7-2)13-19-17(18-11-12-23-8-3)20-14-16(22)21(4)5;/h15H,6-14H2,1-5H3,(H2,18,19,20);1H. The van der Waals surface area contributed by atoms with Gasteiger partial charge >= 0.3 is 0 Å². The molecule has 2 N–H and O–H groups in total. The normalized spacial score (nSPS) is 12.3. The van der Waals surface area contributed by atoms with Crippen LogP contribution in [0.25, 0.3) is 0 Å². The van der Waals surface area contributed by atoms with Crippen LogP contribution in [0.3, 0.4) is 0 Å². The molecule has 0 aliphatic rings. The summed E-state index contributed by atoms with van der Waals surface area (Å²) >= 11 is 0. The second-order valence-corrected chi connectivity index (χ2v) is 5.87. The van der Waals surface area contributed by atoms with Gasteiger partial charge in [-0.15, -0.1) is 24.0 Å². The lowest BCUT2D eigenvalue weighted by atomic mass is 9.99. The summed E-state index contributed by atoms with van der Waals surface area (Å²) in [7, 11) is 3.48. The van der Waals surface area contributed by atoms with Crippen molar-refractivity contribution in [2.75, 3.05) is 46.9 Å². The number of guanidine groups is 1. The lowest BCUT2D eigenvalue weighted by molar-refractivity contribution is -0.127. The van der Waals surface area contributed by atoms with Crippen molar-refractivity contribution in [2.24, 2.45) is 10.9 Å². The number of rotatable bonds is 12. The van der Waals surface area contributed by atoms with Gasteiger partial charge in [0.1, 0.15) is 6.54 Å². The predicted octanol–water partition coefficient (Wildman–Crippen LogP) is 2.48. The molecule has 0 rings (SSSR count). The minimum absolute atomic E-state index is 0. The van der Waals surface area contributed by atoms with Crippen LogP contribution in [-0.2, 0) is 9.53 Å². The molecule has 0 aromatic heterocycles. The summed E-state index contributed by atoms with van der Waals surface area (Å²) in [6.07, 6.45) is 4.85. The maximum absolute atomic E-state index is 11.7. The fraction of sp³-hybridized carbons (Fsp3) is 0.882. The van der Waals surface area contributed by atoms with Crippen LogP contribution < -0.4 is 10.6 Å². The first-order chi connectivity index (χ1) is 11.0. The number of halogens is 1.